The molecule has 2 unspecified atom stereocenters. The molecule has 0 fully saturated rings. The third-order valence-corrected chi connectivity index (χ3v) is 18.9. The standard InChI is InChI=1S/C73H142O17P2/c1-6-9-12-15-18-21-23-24-25-26-27-28-29-30-31-32-34-37-44-49-54-59-73(78)90-69(63-84-71(76)57-52-47-42-39-38-40-45-50-55-66(4)5)65-88-92(81,82)86-61-67(74)60-85-91(79,80)87-64-68(62-83-70(75)56-51-46-41-35-20-17-14-11-8-3)89-72(77)58-53-48-43-36-33-22-19-16-13-10-7-2/h66-69,74H,6-65H2,1-5H3,(H,79,80)(H,81,82)/t67-,68+,69+/m0/s1. The number of aliphatic hydroxyl groups excluding tert-OH is 1. The molecule has 0 heterocycles. The minimum atomic E-state index is -4.95. The highest BCUT2D eigenvalue weighted by Gasteiger charge is 2.30. The highest BCUT2D eigenvalue weighted by Crippen LogP contribution is 2.45. The Hall–Kier alpha value is -1.94. The summed E-state index contributed by atoms with van der Waals surface area (Å²) >= 11 is 0. The summed E-state index contributed by atoms with van der Waals surface area (Å²) in [6, 6.07) is 0. The van der Waals surface area contributed by atoms with Crippen molar-refractivity contribution in [1.82, 2.24) is 0 Å². The third-order valence-electron chi connectivity index (χ3n) is 17.0. The maximum atomic E-state index is 13.0. The topological polar surface area (TPSA) is 237 Å². The summed E-state index contributed by atoms with van der Waals surface area (Å²) in [5.74, 6) is -1.39. The molecular formula is C73H142O17P2. The van der Waals surface area contributed by atoms with Crippen LogP contribution in [0.1, 0.15) is 381 Å². The van der Waals surface area contributed by atoms with Crippen molar-refractivity contribution in [3.63, 3.8) is 0 Å². The Morgan fingerprint density at radius 1 is 0.293 bits per heavy atom. The molecule has 19 heteroatoms. The van der Waals surface area contributed by atoms with E-state index in [0.29, 0.717) is 25.7 Å². The molecule has 0 rings (SSSR count). The van der Waals surface area contributed by atoms with Crippen LogP contribution >= 0.6 is 15.6 Å². The van der Waals surface area contributed by atoms with Gasteiger partial charge in [0.05, 0.1) is 26.4 Å². The smallest absolute Gasteiger partial charge is 0.462 e. The fraction of sp³-hybridized carbons (Fsp3) is 0.945. The zero-order chi connectivity index (χ0) is 67.7. The van der Waals surface area contributed by atoms with Crippen LogP contribution in [-0.4, -0.2) is 96.7 Å². The number of hydrogen-bond donors (Lipinski definition) is 3. The zero-order valence-corrected chi connectivity index (χ0v) is 61.5. The van der Waals surface area contributed by atoms with Gasteiger partial charge in [-0.2, -0.15) is 0 Å². The Kier molecular flexibility index (Phi) is 64.9. The number of ether oxygens (including phenoxy) is 4. The van der Waals surface area contributed by atoms with Crippen molar-refractivity contribution in [3.05, 3.63) is 0 Å². The number of phosphoric ester groups is 2. The van der Waals surface area contributed by atoms with Gasteiger partial charge in [0.15, 0.2) is 12.2 Å². The second kappa shape index (κ2) is 66.3. The number of unbranched alkanes of at least 4 members (excludes halogenated alkanes) is 45. The Morgan fingerprint density at radius 2 is 0.500 bits per heavy atom. The van der Waals surface area contributed by atoms with Crippen LogP contribution in [0.25, 0.3) is 0 Å². The van der Waals surface area contributed by atoms with Crippen molar-refractivity contribution in [2.24, 2.45) is 5.92 Å². The molecule has 17 nitrogen and oxygen atoms in total. The normalized spacial score (nSPS) is 14.0. The molecular weight excluding hydrogens is 1210 g/mol. The lowest BCUT2D eigenvalue weighted by Crippen LogP contribution is -2.30. The van der Waals surface area contributed by atoms with Gasteiger partial charge in [-0.25, -0.2) is 9.13 Å². The lowest BCUT2D eigenvalue weighted by Gasteiger charge is -2.21. The zero-order valence-electron chi connectivity index (χ0n) is 59.7. The van der Waals surface area contributed by atoms with E-state index < -0.39 is 97.5 Å². The van der Waals surface area contributed by atoms with Crippen LogP contribution in [0.3, 0.4) is 0 Å². The minimum absolute atomic E-state index is 0.107. The van der Waals surface area contributed by atoms with Crippen molar-refractivity contribution in [2.75, 3.05) is 39.6 Å². The Morgan fingerprint density at radius 3 is 0.739 bits per heavy atom. The minimum Gasteiger partial charge on any atom is -0.462 e. The molecule has 0 saturated carbocycles. The van der Waals surface area contributed by atoms with Gasteiger partial charge in [0.1, 0.15) is 19.3 Å². The van der Waals surface area contributed by atoms with Gasteiger partial charge < -0.3 is 33.8 Å². The first-order chi connectivity index (χ1) is 44.5. The summed E-state index contributed by atoms with van der Waals surface area (Å²) in [7, 11) is -9.90. The first-order valence-corrected chi connectivity index (χ1v) is 41.1. The van der Waals surface area contributed by atoms with Crippen molar-refractivity contribution in [2.45, 2.75) is 400 Å². The van der Waals surface area contributed by atoms with Crippen LogP contribution in [-0.2, 0) is 65.4 Å². The van der Waals surface area contributed by atoms with Crippen molar-refractivity contribution >= 4 is 39.5 Å². The lowest BCUT2D eigenvalue weighted by atomic mass is 10.0. The van der Waals surface area contributed by atoms with Crippen LogP contribution in [0.15, 0.2) is 0 Å². The van der Waals surface area contributed by atoms with Crippen LogP contribution in [0.5, 0.6) is 0 Å². The predicted octanol–water partition coefficient (Wildman–Crippen LogP) is 21.3. The van der Waals surface area contributed by atoms with Gasteiger partial charge in [-0.05, 0) is 31.6 Å². The highest BCUT2D eigenvalue weighted by molar-refractivity contribution is 7.47. The number of hydrogen-bond acceptors (Lipinski definition) is 15. The summed E-state index contributed by atoms with van der Waals surface area (Å²) in [6.45, 7) is 7.21. The third kappa shape index (κ3) is 66.7. The van der Waals surface area contributed by atoms with Gasteiger partial charge in [0, 0.05) is 25.7 Å². The van der Waals surface area contributed by atoms with E-state index >= 15 is 0 Å². The molecule has 0 aliphatic rings. The fourth-order valence-corrected chi connectivity index (χ4v) is 12.8. The van der Waals surface area contributed by atoms with Crippen molar-refractivity contribution < 1.29 is 80.2 Å². The van der Waals surface area contributed by atoms with Crippen LogP contribution in [0, 0.1) is 5.92 Å². The molecule has 92 heavy (non-hydrogen) atoms. The summed E-state index contributed by atoms with van der Waals surface area (Å²) in [6.07, 6.45) is 54.3. The van der Waals surface area contributed by atoms with Gasteiger partial charge in [0.25, 0.3) is 0 Å². The quantitative estimate of drug-likeness (QED) is 0.0222. The second-order valence-electron chi connectivity index (χ2n) is 26.8. The summed E-state index contributed by atoms with van der Waals surface area (Å²) in [5, 5.41) is 10.6. The molecule has 0 aliphatic heterocycles. The first kappa shape index (κ1) is 90.1. The van der Waals surface area contributed by atoms with Crippen LogP contribution < -0.4 is 0 Å². The molecule has 0 aromatic carbocycles. The van der Waals surface area contributed by atoms with Gasteiger partial charge in [0.2, 0.25) is 0 Å². The number of carbonyl (C=O) groups excluding carboxylic acids is 4. The molecule has 0 saturated heterocycles. The van der Waals surface area contributed by atoms with Gasteiger partial charge >= 0.3 is 39.5 Å². The monoisotopic (exact) mass is 1350 g/mol. The van der Waals surface area contributed by atoms with E-state index in [1.165, 1.54) is 205 Å². The summed E-state index contributed by atoms with van der Waals surface area (Å²) in [5.41, 5.74) is 0. The molecule has 0 aromatic heterocycles. The van der Waals surface area contributed by atoms with Crippen LogP contribution in [0.2, 0.25) is 0 Å². The summed E-state index contributed by atoms with van der Waals surface area (Å²) < 4.78 is 68.3. The maximum Gasteiger partial charge on any atom is 0.472 e. The summed E-state index contributed by atoms with van der Waals surface area (Å²) in [4.78, 5) is 72.5. The first-order valence-electron chi connectivity index (χ1n) is 38.1. The SMILES string of the molecule is CCCCCCCCCCCCCCCCCCCCCCCC(=O)O[C@H](COC(=O)CCCCCCCCCCC(C)C)COP(=O)(O)OC[C@@H](O)COP(=O)(O)OC[C@@H](COC(=O)CCCCCCCCCCC)OC(=O)CCCCCCCCCCCCC. The van der Waals surface area contributed by atoms with E-state index in [1.54, 1.807) is 0 Å². The number of esters is 4. The fourth-order valence-electron chi connectivity index (χ4n) is 11.2. The number of rotatable bonds is 73. The van der Waals surface area contributed by atoms with Crippen LogP contribution in [0.4, 0.5) is 0 Å². The largest absolute Gasteiger partial charge is 0.472 e. The van der Waals surface area contributed by atoms with E-state index in [2.05, 4.69) is 34.6 Å². The average molecular weight is 1350 g/mol. The lowest BCUT2D eigenvalue weighted by molar-refractivity contribution is -0.161. The van der Waals surface area contributed by atoms with Gasteiger partial charge in [-0.15, -0.1) is 0 Å². The molecule has 5 atom stereocenters. The average Bonchev–Trinajstić information content (AvgIpc) is 3.45. The molecule has 0 radical (unpaired) electrons. The van der Waals surface area contributed by atoms with Gasteiger partial charge in [-0.3, -0.25) is 37.3 Å². The van der Waals surface area contributed by atoms with E-state index in [0.717, 1.165) is 95.8 Å². The second-order valence-corrected chi connectivity index (χ2v) is 29.7. The Balaban J connectivity index is 5.16. The Bertz CT molecular complexity index is 1770. The maximum absolute atomic E-state index is 13.0. The molecule has 0 aromatic rings. The molecule has 3 N–H and O–H groups in total. The molecule has 0 bridgehead atoms. The van der Waals surface area contributed by atoms with Crippen molar-refractivity contribution in [3.8, 4) is 0 Å². The van der Waals surface area contributed by atoms with Crippen molar-refractivity contribution in [1.29, 1.82) is 0 Å². The molecule has 0 aliphatic carbocycles. The van der Waals surface area contributed by atoms with E-state index in [-0.39, 0.29) is 25.7 Å². The Labute approximate surface area is 562 Å². The number of aliphatic hydroxyl groups is 1. The number of carbonyl (C=O) groups is 4. The van der Waals surface area contributed by atoms with E-state index in [9.17, 15) is 43.2 Å². The van der Waals surface area contributed by atoms with E-state index in [4.69, 9.17) is 37.0 Å². The molecule has 546 valence electrons. The highest BCUT2D eigenvalue weighted by atomic mass is 31.2. The number of phosphoric acid groups is 2. The van der Waals surface area contributed by atoms with Gasteiger partial charge in [-0.1, -0.05) is 330 Å². The molecule has 0 amide bonds. The van der Waals surface area contributed by atoms with E-state index in [1.807, 2.05) is 0 Å². The molecule has 0 spiro atoms. The predicted molar refractivity (Wildman–Crippen MR) is 372 cm³/mol.